The lowest BCUT2D eigenvalue weighted by molar-refractivity contribution is -0.121. The summed E-state index contributed by atoms with van der Waals surface area (Å²) < 4.78 is 25.3. The van der Waals surface area contributed by atoms with Crippen LogP contribution in [0.5, 0.6) is 0 Å². The Balaban J connectivity index is 1.50. The zero-order valence-corrected chi connectivity index (χ0v) is 16.4. The number of nitrogens with one attached hydrogen (secondary N) is 1. The van der Waals surface area contributed by atoms with Gasteiger partial charge in [0.05, 0.1) is 12.2 Å². The molecule has 0 spiro atoms. The first kappa shape index (κ1) is 19.6. The lowest BCUT2D eigenvalue weighted by atomic mass is 10.0. The molecule has 144 valence electrons. The summed E-state index contributed by atoms with van der Waals surface area (Å²) >= 11 is 0. The van der Waals surface area contributed by atoms with Crippen molar-refractivity contribution in [2.24, 2.45) is 0 Å². The number of nitrogens with zero attached hydrogens (tertiary/aromatic N) is 1. The molecule has 0 radical (unpaired) electrons. The predicted molar refractivity (Wildman–Crippen MR) is 108 cm³/mol. The number of piperidine rings is 1. The average molecular weight is 387 g/mol. The van der Waals surface area contributed by atoms with Gasteiger partial charge in [0, 0.05) is 19.1 Å². The van der Waals surface area contributed by atoms with Gasteiger partial charge in [-0.15, -0.1) is 0 Å². The van der Waals surface area contributed by atoms with Crippen molar-refractivity contribution in [2.75, 3.05) is 18.8 Å². The van der Waals surface area contributed by atoms with Gasteiger partial charge < -0.3 is 5.32 Å². The fraction of sp³-hybridized carbons (Fsp3) is 0.381. The Morgan fingerprint density at radius 1 is 1.00 bits per heavy atom. The number of amides is 1. The van der Waals surface area contributed by atoms with Crippen molar-refractivity contribution in [3.8, 4) is 11.1 Å². The Bertz CT molecular complexity index is 856. The highest BCUT2D eigenvalue weighted by atomic mass is 32.2. The van der Waals surface area contributed by atoms with Gasteiger partial charge >= 0.3 is 0 Å². The predicted octanol–water partition coefficient (Wildman–Crippen LogP) is 2.83. The quantitative estimate of drug-likeness (QED) is 0.830. The second-order valence-corrected chi connectivity index (χ2v) is 9.14. The summed E-state index contributed by atoms with van der Waals surface area (Å²) in [4.78, 5) is 12.3. The van der Waals surface area contributed by atoms with Crippen LogP contribution >= 0.6 is 0 Å². The Labute approximate surface area is 161 Å². The minimum atomic E-state index is -3.13. The van der Waals surface area contributed by atoms with E-state index in [1.165, 1.54) is 4.31 Å². The lowest BCUT2D eigenvalue weighted by Crippen LogP contribution is -2.47. The second-order valence-electron chi connectivity index (χ2n) is 6.88. The van der Waals surface area contributed by atoms with Crippen molar-refractivity contribution in [3.63, 3.8) is 0 Å². The van der Waals surface area contributed by atoms with Crippen LogP contribution < -0.4 is 5.32 Å². The van der Waals surface area contributed by atoms with E-state index in [1.54, 1.807) is 6.92 Å². The number of hydrogen-bond donors (Lipinski definition) is 1. The summed E-state index contributed by atoms with van der Waals surface area (Å²) in [6.45, 7) is 2.62. The zero-order valence-electron chi connectivity index (χ0n) is 15.6. The summed E-state index contributed by atoms with van der Waals surface area (Å²) in [6, 6.07) is 18.2. The van der Waals surface area contributed by atoms with Crippen LogP contribution in [0.15, 0.2) is 54.6 Å². The van der Waals surface area contributed by atoms with Crippen molar-refractivity contribution < 1.29 is 13.2 Å². The van der Waals surface area contributed by atoms with Crippen LogP contribution in [-0.2, 0) is 21.2 Å². The van der Waals surface area contributed by atoms with Gasteiger partial charge in [0.2, 0.25) is 15.9 Å². The van der Waals surface area contributed by atoms with Crippen LogP contribution in [0.1, 0.15) is 25.3 Å². The van der Waals surface area contributed by atoms with E-state index in [-0.39, 0.29) is 17.7 Å². The fourth-order valence-electron chi connectivity index (χ4n) is 3.37. The molecule has 2 aromatic rings. The lowest BCUT2D eigenvalue weighted by Gasteiger charge is -2.31. The minimum absolute atomic E-state index is 0.0146. The molecule has 27 heavy (non-hydrogen) atoms. The Hall–Kier alpha value is -2.18. The third-order valence-corrected chi connectivity index (χ3v) is 6.88. The van der Waals surface area contributed by atoms with Gasteiger partial charge in [-0.3, -0.25) is 4.79 Å². The topological polar surface area (TPSA) is 66.5 Å². The minimum Gasteiger partial charge on any atom is -0.353 e. The smallest absolute Gasteiger partial charge is 0.224 e. The van der Waals surface area contributed by atoms with Crippen LogP contribution in [0.25, 0.3) is 11.1 Å². The third-order valence-electron chi connectivity index (χ3n) is 5.00. The second kappa shape index (κ2) is 8.67. The van der Waals surface area contributed by atoms with Gasteiger partial charge in [-0.1, -0.05) is 54.6 Å². The Kier molecular flexibility index (Phi) is 6.29. The monoisotopic (exact) mass is 386 g/mol. The number of rotatable bonds is 6. The highest BCUT2D eigenvalue weighted by molar-refractivity contribution is 7.89. The van der Waals surface area contributed by atoms with Gasteiger partial charge in [-0.05, 0) is 36.5 Å². The number of benzene rings is 2. The first-order valence-corrected chi connectivity index (χ1v) is 11.0. The number of sulfonamides is 1. The Morgan fingerprint density at radius 3 is 2.19 bits per heavy atom. The summed E-state index contributed by atoms with van der Waals surface area (Å²) in [5.41, 5.74) is 3.25. The van der Waals surface area contributed by atoms with E-state index in [9.17, 15) is 13.2 Å². The van der Waals surface area contributed by atoms with E-state index >= 15 is 0 Å². The van der Waals surface area contributed by atoms with Gasteiger partial charge in [-0.2, -0.15) is 0 Å². The molecule has 0 atom stereocenters. The van der Waals surface area contributed by atoms with E-state index in [1.807, 2.05) is 42.5 Å². The van der Waals surface area contributed by atoms with Crippen LogP contribution in [0, 0.1) is 0 Å². The van der Waals surface area contributed by atoms with Crippen molar-refractivity contribution in [1.82, 2.24) is 9.62 Å². The van der Waals surface area contributed by atoms with Crippen LogP contribution in [0.2, 0.25) is 0 Å². The standard InChI is InChI=1S/C21H26N2O3S/c1-2-27(25,26)23-14-12-20(13-15-23)22-21(24)16-17-8-10-19(11-9-17)18-6-4-3-5-7-18/h3-11,20H,2,12-16H2,1H3,(H,22,24). The first-order chi connectivity index (χ1) is 13.0. The van der Waals surface area contributed by atoms with Crippen molar-refractivity contribution in [1.29, 1.82) is 0 Å². The van der Waals surface area contributed by atoms with Crippen molar-refractivity contribution in [3.05, 3.63) is 60.2 Å². The van der Waals surface area contributed by atoms with Gasteiger partial charge in [0.15, 0.2) is 0 Å². The number of carbonyl (C=O) groups excluding carboxylic acids is 1. The molecule has 5 nitrogen and oxygen atoms in total. The van der Waals surface area contributed by atoms with Gasteiger partial charge in [0.1, 0.15) is 0 Å². The molecule has 1 amide bonds. The summed E-state index contributed by atoms with van der Waals surface area (Å²) in [7, 11) is -3.13. The van der Waals surface area contributed by atoms with E-state index in [2.05, 4.69) is 17.4 Å². The highest BCUT2D eigenvalue weighted by Gasteiger charge is 2.27. The Morgan fingerprint density at radius 2 is 1.59 bits per heavy atom. The summed E-state index contributed by atoms with van der Waals surface area (Å²) in [5.74, 6) is 0.113. The molecule has 0 saturated carbocycles. The maximum absolute atomic E-state index is 12.3. The molecule has 2 aromatic carbocycles. The number of carbonyl (C=O) groups is 1. The van der Waals surface area contributed by atoms with E-state index in [0.29, 0.717) is 32.4 Å². The third kappa shape index (κ3) is 5.17. The molecular weight excluding hydrogens is 360 g/mol. The van der Waals surface area contributed by atoms with Crippen LogP contribution in [0.3, 0.4) is 0 Å². The van der Waals surface area contributed by atoms with E-state index < -0.39 is 10.0 Å². The first-order valence-electron chi connectivity index (χ1n) is 9.39. The molecular formula is C21H26N2O3S. The molecule has 1 aliphatic heterocycles. The zero-order chi connectivity index (χ0) is 19.3. The summed E-state index contributed by atoms with van der Waals surface area (Å²) in [5, 5.41) is 3.04. The van der Waals surface area contributed by atoms with Crippen LogP contribution in [0.4, 0.5) is 0 Å². The maximum atomic E-state index is 12.3. The van der Waals surface area contributed by atoms with Crippen LogP contribution in [-0.4, -0.2) is 43.5 Å². The molecule has 6 heteroatoms. The van der Waals surface area contributed by atoms with Gasteiger partial charge in [0.25, 0.3) is 0 Å². The largest absolute Gasteiger partial charge is 0.353 e. The van der Waals surface area contributed by atoms with Gasteiger partial charge in [-0.25, -0.2) is 12.7 Å². The van der Waals surface area contributed by atoms with Crippen molar-refractivity contribution >= 4 is 15.9 Å². The van der Waals surface area contributed by atoms with E-state index in [0.717, 1.165) is 16.7 Å². The normalized spacial score (nSPS) is 16.2. The molecule has 1 aliphatic rings. The maximum Gasteiger partial charge on any atom is 0.224 e. The molecule has 1 N–H and O–H groups in total. The average Bonchev–Trinajstić information content (AvgIpc) is 2.69. The molecule has 0 aromatic heterocycles. The molecule has 3 rings (SSSR count). The molecule has 1 fully saturated rings. The van der Waals surface area contributed by atoms with E-state index in [4.69, 9.17) is 0 Å². The molecule has 0 aliphatic carbocycles. The SMILES string of the molecule is CCS(=O)(=O)N1CCC(NC(=O)Cc2ccc(-c3ccccc3)cc2)CC1. The summed E-state index contributed by atoms with van der Waals surface area (Å²) in [6.07, 6.45) is 1.67. The number of hydrogen-bond acceptors (Lipinski definition) is 3. The van der Waals surface area contributed by atoms with Crippen molar-refractivity contribution in [2.45, 2.75) is 32.2 Å². The molecule has 1 saturated heterocycles. The molecule has 0 bridgehead atoms. The highest BCUT2D eigenvalue weighted by Crippen LogP contribution is 2.19. The molecule has 1 heterocycles. The molecule has 0 unspecified atom stereocenters. The fourth-order valence-corrected chi connectivity index (χ4v) is 4.50.